The van der Waals surface area contributed by atoms with E-state index in [1.54, 1.807) is 41.3 Å². The highest BCUT2D eigenvalue weighted by atomic mass is 32.2. The molecule has 166 valence electrons. The third-order valence-electron chi connectivity index (χ3n) is 5.02. The zero-order valence-electron chi connectivity index (χ0n) is 17.2. The number of hydrogen-bond acceptors (Lipinski definition) is 8. The Bertz CT molecular complexity index is 1080. The molecule has 0 saturated carbocycles. The first-order chi connectivity index (χ1) is 15.5. The number of rotatable bonds is 5. The van der Waals surface area contributed by atoms with Gasteiger partial charge in [0.25, 0.3) is 11.1 Å². The van der Waals surface area contributed by atoms with Crippen LogP contribution in [-0.4, -0.2) is 72.8 Å². The molecule has 4 rings (SSSR count). The highest BCUT2D eigenvalue weighted by Gasteiger charge is 2.37. The minimum Gasteiger partial charge on any atom is -0.465 e. The van der Waals surface area contributed by atoms with Gasteiger partial charge in [-0.1, -0.05) is 12.1 Å². The summed E-state index contributed by atoms with van der Waals surface area (Å²) in [5.74, 6) is -0.314. The van der Waals surface area contributed by atoms with Crippen LogP contribution in [0.1, 0.15) is 16.1 Å². The lowest BCUT2D eigenvalue weighted by Crippen LogP contribution is -2.46. The van der Waals surface area contributed by atoms with E-state index in [-0.39, 0.29) is 17.4 Å². The van der Waals surface area contributed by atoms with Crippen molar-refractivity contribution in [2.45, 2.75) is 0 Å². The number of carbonyl (C=O) groups is 4. The molecule has 3 amide bonds. The van der Waals surface area contributed by atoms with Crippen LogP contribution in [0, 0.1) is 0 Å². The molecule has 2 aromatic rings. The molecule has 2 aliphatic rings. The van der Waals surface area contributed by atoms with Crippen LogP contribution in [0.3, 0.4) is 0 Å². The SMILES string of the molecule is COC(=O)c1ccc(-c2ccc(/C=C3/SC(=O)N(CC(=O)N4CCOCC4)C3=O)o2)cc1. The molecule has 0 N–H and O–H groups in total. The minimum absolute atomic E-state index is 0.187. The van der Waals surface area contributed by atoms with Crippen LogP contribution >= 0.6 is 11.8 Å². The van der Waals surface area contributed by atoms with E-state index < -0.39 is 17.1 Å². The Morgan fingerprint density at radius 2 is 1.81 bits per heavy atom. The van der Waals surface area contributed by atoms with Crippen molar-refractivity contribution < 1.29 is 33.1 Å². The van der Waals surface area contributed by atoms with E-state index in [4.69, 9.17) is 9.15 Å². The standard InChI is InChI=1S/C22H20N2O7S/c1-29-21(27)15-4-2-14(3-5-15)17-7-6-16(31-17)12-18-20(26)24(22(28)32-18)13-19(25)23-8-10-30-11-9-23/h2-7,12H,8-11,13H2,1H3/b18-12+. The Morgan fingerprint density at radius 1 is 1.09 bits per heavy atom. The first-order valence-electron chi connectivity index (χ1n) is 9.86. The van der Waals surface area contributed by atoms with Gasteiger partial charge in [0.15, 0.2) is 0 Å². The summed E-state index contributed by atoms with van der Waals surface area (Å²) in [5, 5.41) is -0.493. The number of furan rings is 1. The normalized spacial score (nSPS) is 17.8. The van der Waals surface area contributed by atoms with Gasteiger partial charge < -0.3 is 18.8 Å². The fourth-order valence-corrected chi connectivity index (χ4v) is 4.11. The second-order valence-electron chi connectivity index (χ2n) is 7.03. The molecule has 10 heteroatoms. The van der Waals surface area contributed by atoms with Crippen molar-refractivity contribution in [1.82, 2.24) is 9.80 Å². The van der Waals surface area contributed by atoms with Crippen molar-refractivity contribution in [2.24, 2.45) is 0 Å². The maximum atomic E-state index is 12.7. The number of thioether (sulfide) groups is 1. The predicted molar refractivity (Wildman–Crippen MR) is 116 cm³/mol. The minimum atomic E-state index is -0.526. The maximum Gasteiger partial charge on any atom is 0.337 e. The average Bonchev–Trinajstić information content (AvgIpc) is 3.39. The van der Waals surface area contributed by atoms with Gasteiger partial charge in [-0.05, 0) is 36.0 Å². The summed E-state index contributed by atoms with van der Waals surface area (Å²) in [6.07, 6.45) is 1.48. The summed E-state index contributed by atoms with van der Waals surface area (Å²) in [4.78, 5) is 51.7. The van der Waals surface area contributed by atoms with Gasteiger partial charge in [0, 0.05) is 24.7 Å². The lowest BCUT2D eigenvalue weighted by molar-refractivity contribution is -0.139. The van der Waals surface area contributed by atoms with Crippen LogP contribution in [-0.2, 0) is 19.1 Å². The Kier molecular flexibility index (Phi) is 6.42. The molecular formula is C22H20N2O7S. The van der Waals surface area contributed by atoms with Gasteiger partial charge in [0.1, 0.15) is 18.1 Å². The monoisotopic (exact) mass is 456 g/mol. The van der Waals surface area contributed by atoms with Gasteiger partial charge in [0.05, 0.1) is 30.8 Å². The Labute approximate surface area is 187 Å². The number of carbonyl (C=O) groups excluding carboxylic acids is 4. The second-order valence-corrected chi connectivity index (χ2v) is 8.03. The smallest absolute Gasteiger partial charge is 0.337 e. The van der Waals surface area contributed by atoms with Crippen molar-refractivity contribution in [3.63, 3.8) is 0 Å². The fraction of sp³-hybridized carbons (Fsp3) is 0.273. The molecule has 0 spiro atoms. The molecule has 2 saturated heterocycles. The fourth-order valence-electron chi connectivity index (χ4n) is 3.29. The molecule has 0 bridgehead atoms. The van der Waals surface area contributed by atoms with Crippen LogP contribution in [0.4, 0.5) is 4.79 Å². The molecule has 0 atom stereocenters. The molecule has 1 aromatic carbocycles. The Morgan fingerprint density at radius 3 is 2.50 bits per heavy atom. The molecule has 2 fully saturated rings. The van der Waals surface area contributed by atoms with Crippen LogP contribution in [0.2, 0.25) is 0 Å². The number of imide groups is 1. The van der Waals surface area contributed by atoms with E-state index >= 15 is 0 Å². The maximum absolute atomic E-state index is 12.7. The molecule has 0 radical (unpaired) electrons. The van der Waals surface area contributed by atoms with Gasteiger partial charge in [-0.25, -0.2) is 4.79 Å². The quantitative estimate of drug-likeness (QED) is 0.499. The third-order valence-corrected chi connectivity index (χ3v) is 5.93. The first kappa shape index (κ1) is 21.8. The number of amides is 3. The molecule has 3 heterocycles. The van der Waals surface area contributed by atoms with Crippen molar-refractivity contribution in [3.8, 4) is 11.3 Å². The van der Waals surface area contributed by atoms with Crippen LogP contribution in [0.25, 0.3) is 17.4 Å². The molecule has 2 aliphatic heterocycles. The number of hydrogen-bond donors (Lipinski definition) is 0. The number of morpholine rings is 1. The Balaban J connectivity index is 1.44. The molecule has 9 nitrogen and oxygen atoms in total. The van der Waals surface area contributed by atoms with Crippen LogP contribution in [0.15, 0.2) is 45.7 Å². The van der Waals surface area contributed by atoms with Gasteiger partial charge in [-0.3, -0.25) is 19.3 Å². The van der Waals surface area contributed by atoms with Crippen molar-refractivity contribution in [1.29, 1.82) is 0 Å². The zero-order chi connectivity index (χ0) is 22.7. The number of methoxy groups -OCH3 is 1. The number of benzene rings is 1. The van der Waals surface area contributed by atoms with Crippen molar-refractivity contribution in [2.75, 3.05) is 40.0 Å². The number of nitrogens with zero attached hydrogens (tertiary/aromatic N) is 2. The zero-order valence-corrected chi connectivity index (χ0v) is 18.1. The van der Waals surface area contributed by atoms with Crippen LogP contribution < -0.4 is 0 Å². The molecule has 0 unspecified atom stereocenters. The van der Waals surface area contributed by atoms with Crippen molar-refractivity contribution in [3.05, 3.63) is 52.6 Å². The molecule has 0 aliphatic carbocycles. The summed E-state index contributed by atoms with van der Waals surface area (Å²) >= 11 is 0.770. The highest BCUT2D eigenvalue weighted by Crippen LogP contribution is 2.33. The molecule has 32 heavy (non-hydrogen) atoms. The lowest BCUT2D eigenvalue weighted by atomic mass is 10.1. The van der Waals surface area contributed by atoms with E-state index in [0.717, 1.165) is 22.2 Å². The van der Waals surface area contributed by atoms with Gasteiger partial charge in [0.2, 0.25) is 5.91 Å². The van der Waals surface area contributed by atoms with E-state index in [2.05, 4.69) is 4.74 Å². The Hall–Kier alpha value is -3.37. The average molecular weight is 456 g/mol. The van der Waals surface area contributed by atoms with Gasteiger partial charge >= 0.3 is 5.97 Å². The van der Waals surface area contributed by atoms with E-state index in [0.29, 0.717) is 43.4 Å². The molecular weight excluding hydrogens is 436 g/mol. The summed E-state index contributed by atoms with van der Waals surface area (Å²) in [6, 6.07) is 10.1. The number of esters is 1. The third kappa shape index (κ3) is 4.61. The van der Waals surface area contributed by atoms with Crippen LogP contribution in [0.5, 0.6) is 0 Å². The first-order valence-corrected chi connectivity index (χ1v) is 10.7. The second kappa shape index (κ2) is 9.41. The summed E-state index contributed by atoms with van der Waals surface area (Å²) in [5.41, 5.74) is 1.16. The number of ether oxygens (including phenoxy) is 2. The lowest BCUT2D eigenvalue weighted by Gasteiger charge is -2.27. The molecule has 1 aromatic heterocycles. The van der Waals surface area contributed by atoms with E-state index in [1.165, 1.54) is 13.2 Å². The van der Waals surface area contributed by atoms with E-state index in [9.17, 15) is 19.2 Å². The highest BCUT2D eigenvalue weighted by molar-refractivity contribution is 8.18. The predicted octanol–water partition coefficient (Wildman–Crippen LogP) is 2.63. The summed E-state index contributed by atoms with van der Waals surface area (Å²) in [7, 11) is 1.31. The summed E-state index contributed by atoms with van der Waals surface area (Å²) < 4.78 is 15.7. The summed E-state index contributed by atoms with van der Waals surface area (Å²) in [6.45, 7) is 1.48. The van der Waals surface area contributed by atoms with Crippen molar-refractivity contribution >= 4 is 40.9 Å². The largest absolute Gasteiger partial charge is 0.465 e. The topological polar surface area (TPSA) is 106 Å². The van der Waals surface area contributed by atoms with E-state index in [1.807, 2.05) is 0 Å². The van der Waals surface area contributed by atoms with Gasteiger partial charge in [-0.2, -0.15) is 0 Å². The van der Waals surface area contributed by atoms with Gasteiger partial charge in [-0.15, -0.1) is 0 Å².